The van der Waals surface area contributed by atoms with Crippen LogP contribution in [0.15, 0.2) is 42.5 Å². The molecule has 4 bridgehead atoms. The maximum Gasteiger partial charge on any atom is 0.183 e. The molecule has 38 heavy (non-hydrogen) atoms. The molecule has 4 fully saturated rings. The van der Waals surface area contributed by atoms with E-state index in [0.29, 0.717) is 45.9 Å². The number of Topliss-reactive ketones (excluding diaryl/α,β-unsaturated/α-hetero) is 1. The number of rotatable bonds is 9. The van der Waals surface area contributed by atoms with Crippen LogP contribution in [0.1, 0.15) is 61.0 Å². The number of halogens is 3. The summed E-state index contributed by atoms with van der Waals surface area (Å²) in [6, 6.07) is 12.8. The van der Waals surface area contributed by atoms with Crippen LogP contribution < -0.4 is 0 Å². The fourth-order valence-corrected chi connectivity index (χ4v) is 8.13. The van der Waals surface area contributed by atoms with E-state index in [4.69, 9.17) is 44.6 Å². The van der Waals surface area contributed by atoms with E-state index in [0.717, 1.165) is 53.0 Å². The number of carbonyl (C=O) groups is 1. The van der Waals surface area contributed by atoms with E-state index < -0.39 is 0 Å². The van der Waals surface area contributed by atoms with Crippen molar-refractivity contribution in [2.45, 2.75) is 51.9 Å². The summed E-state index contributed by atoms with van der Waals surface area (Å²) >= 11 is 18.8. The molecule has 1 heterocycles. The zero-order chi connectivity index (χ0) is 26.4. The quantitative estimate of drug-likeness (QED) is 0.190. The number of carbonyl (C=O) groups excluding carboxylic acids is 1. The van der Waals surface area contributed by atoms with E-state index in [9.17, 15) is 4.79 Å². The molecule has 0 saturated heterocycles. The molecule has 0 amide bonds. The van der Waals surface area contributed by atoms with Gasteiger partial charge in [-0.1, -0.05) is 46.9 Å². The fraction of sp³-hybridized carbons (Fsp3) is 0.484. The van der Waals surface area contributed by atoms with Crippen LogP contribution in [0.4, 0.5) is 0 Å². The maximum atomic E-state index is 13.3. The highest BCUT2D eigenvalue weighted by molar-refractivity contribution is 6.35. The summed E-state index contributed by atoms with van der Waals surface area (Å²) in [4.78, 5) is 13.3. The summed E-state index contributed by atoms with van der Waals surface area (Å²) < 4.78 is 7.90. The Morgan fingerprint density at radius 1 is 0.947 bits per heavy atom. The van der Waals surface area contributed by atoms with Gasteiger partial charge in [0.1, 0.15) is 5.69 Å². The lowest BCUT2D eigenvalue weighted by molar-refractivity contribution is -0.0716. The molecule has 4 nitrogen and oxygen atoms in total. The smallest absolute Gasteiger partial charge is 0.183 e. The number of ether oxygens (including phenoxy) is 1. The molecule has 4 saturated carbocycles. The summed E-state index contributed by atoms with van der Waals surface area (Å²) in [5.74, 6) is 4.43. The lowest BCUT2D eigenvalue weighted by atomic mass is 9.52. The van der Waals surface area contributed by atoms with Gasteiger partial charge in [0.15, 0.2) is 5.78 Å². The third kappa shape index (κ3) is 5.18. The van der Waals surface area contributed by atoms with E-state index >= 15 is 0 Å². The first-order valence-electron chi connectivity index (χ1n) is 13.8. The van der Waals surface area contributed by atoms with Gasteiger partial charge in [-0.2, -0.15) is 5.10 Å². The molecule has 7 heteroatoms. The summed E-state index contributed by atoms with van der Waals surface area (Å²) in [7, 11) is 0. The Morgan fingerprint density at radius 3 is 2.26 bits per heavy atom. The molecular formula is C31H33Cl3N2O2. The maximum absolute atomic E-state index is 13.3. The molecule has 4 aliphatic carbocycles. The average molecular weight is 572 g/mol. The Balaban J connectivity index is 1.14. The monoisotopic (exact) mass is 570 g/mol. The van der Waals surface area contributed by atoms with Gasteiger partial charge in [-0.25, -0.2) is 4.68 Å². The van der Waals surface area contributed by atoms with Crippen molar-refractivity contribution < 1.29 is 9.53 Å². The summed E-state index contributed by atoms with van der Waals surface area (Å²) in [6.45, 7) is 3.40. The molecule has 1 aromatic heterocycles. The molecule has 0 N–H and O–H groups in total. The van der Waals surface area contributed by atoms with Crippen molar-refractivity contribution in [2.24, 2.45) is 29.6 Å². The number of aromatic nitrogens is 2. The van der Waals surface area contributed by atoms with Gasteiger partial charge in [0.05, 0.1) is 16.4 Å². The molecule has 2 aromatic carbocycles. The molecular weight excluding hydrogens is 539 g/mol. The van der Waals surface area contributed by atoms with E-state index in [1.54, 1.807) is 16.8 Å². The Kier molecular flexibility index (Phi) is 7.61. The lowest BCUT2D eigenvalue weighted by Gasteiger charge is -2.54. The van der Waals surface area contributed by atoms with Crippen molar-refractivity contribution in [1.29, 1.82) is 0 Å². The number of nitrogens with zero attached hydrogens (tertiary/aromatic N) is 2. The van der Waals surface area contributed by atoms with Crippen molar-refractivity contribution >= 4 is 40.6 Å². The Hall–Kier alpha value is -1.85. The highest BCUT2D eigenvalue weighted by Gasteiger charge is 2.48. The zero-order valence-corrected chi connectivity index (χ0v) is 23.9. The first-order valence-corrected chi connectivity index (χ1v) is 14.9. The van der Waals surface area contributed by atoms with E-state index in [1.807, 2.05) is 37.3 Å². The molecule has 0 aliphatic heterocycles. The van der Waals surface area contributed by atoms with Crippen molar-refractivity contribution in [1.82, 2.24) is 9.78 Å². The zero-order valence-electron chi connectivity index (χ0n) is 21.6. The Morgan fingerprint density at radius 2 is 1.61 bits per heavy atom. The molecule has 3 aromatic rings. The molecule has 7 rings (SSSR count). The van der Waals surface area contributed by atoms with Crippen molar-refractivity contribution in [3.05, 3.63) is 68.8 Å². The highest BCUT2D eigenvalue weighted by atomic mass is 35.5. The number of hydrogen-bond acceptors (Lipinski definition) is 3. The minimum absolute atomic E-state index is 0.0137. The van der Waals surface area contributed by atoms with Gasteiger partial charge < -0.3 is 4.74 Å². The first-order chi connectivity index (χ1) is 18.4. The van der Waals surface area contributed by atoms with Crippen LogP contribution in [-0.2, 0) is 4.74 Å². The molecule has 0 atom stereocenters. The van der Waals surface area contributed by atoms with E-state index in [-0.39, 0.29) is 5.78 Å². The number of hydrogen-bond donors (Lipinski definition) is 0. The van der Waals surface area contributed by atoms with Gasteiger partial charge >= 0.3 is 0 Å². The van der Waals surface area contributed by atoms with Crippen molar-refractivity contribution in [2.75, 3.05) is 13.2 Å². The third-order valence-corrected chi connectivity index (χ3v) is 9.86. The third-order valence-electron chi connectivity index (χ3n) is 9.07. The largest absolute Gasteiger partial charge is 0.381 e. The van der Waals surface area contributed by atoms with Crippen molar-refractivity contribution in [3.8, 4) is 16.9 Å². The normalized spacial score (nSPS) is 25.7. The topological polar surface area (TPSA) is 44.1 Å². The minimum atomic E-state index is 0.0137. The summed E-state index contributed by atoms with van der Waals surface area (Å²) in [6.07, 6.45) is 8.21. The molecule has 4 aliphatic rings. The van der Waals surface area contributed by atoms with Gasteiger partial charge in [-0.15, -0.1) is 0 Å². The van der Waals surface area contributed by atoms with Gasteiger partial charge in [-0.05, 0) is 105 Å². The fourth-order valence-electron chi connectivity index (χ4n) is 7.52. The van der Waals surface area contributed by atoms with Crippen LogP contribution in [-0.4, -0.2) is 28.8 Å². The summed E-state index contributed by atoms with van der Waals surface area (Å²) in [5, 5.41) is 6.41. The SMILES string of the molecule is Cc1c(C(=O)CCCOCC2C3CC4CC(C3)CC2C4)nn(-c2ccc(Cl)cc2Cl)c1-c1ccc(Cl)cc1. The van der Waals surface area contributed by atoms with Crippen LogP contribution in [0.3, 0.4) is 0 Å². The van der Waals surface area contributed by atoms with E-state index in [2.05, 4.69) is 0 Å². The van der Waals surface area contributed by atoms with Crippen LogP contribution in [0, 0.1) is 36.5 Å². The summed E-state index contributed by atoms with van der Waals surface area (Å²) in [5.41, 5.74) is 3.66. The second-order valence-electron chi connectivity index (χ2n) is 11.5. The molecule has 0 radical (unpaired) electrons. The van der Waals surface area contributed by atoms with Gasteiger partial charge in [0, 0.05) is 40.8 Å². The lowest BCUT2D eigenvalue weighted by Crippen LogP contribution is -2.46. The predicted octanol–water partition coefficient (Wildman–Crippen LogP) is 8.86. The van der Waals surface area contributed by atoms with Gasteiger partial charge in [-0.3, -0.25) is 4.79 Å². The Labute approximate surface area is 239 Å². The molecule has 200 valence electrons. The number of benzene rings is 2. The Bertz CT molecular complexity index is 1310. The van der Waals surface area contributed by atoms with Crippen LogP contribution in [0.25, 0.3) is 16.9 Å². The van der Waals surface area contributed by atoms with Gasteiger partial charge in [0.25, 0.3) is 0 Å². The minimum Gasteiger partial charge on any atom is -0.381 e. The second kappa shape index (κ2) is 11.0. The van der Waals surface area contributed by atoms with Crippen molar-refractivity contribution in [3.63, 3.8) is 0 Å². The number of ketones is 1. The standard InChI is InChI=1S/C31H33Cl3N2O2/c1-18-30(29(37)3-2-10-38-17-26-22-12-19-11-20(14-22)15-23(26)13-19)35-36(28-9-8-25(33)16-27(28)34)31(18)21-4-6-24(32)7-5-21/h4-9,16,19-20,22-23,26H,2-3,10-15,17H2,1H3. The highest BCUT2D eigenvalue weighted by Crippen LogP contribution is 2.56. The van der Waals surface area contributed by atoms with Crippen LogP contribution >= 0.6 is 34.8 Å². The van der Waals surface area contributed by atoms with E-state index in [1.165, 1.54) is 32.1 Å². The second-order valence-corrected chi connectivity index (χ2v) is 12.8. The van der Waals surface area contributed by atoms with Gasteiger partial charge in [0.2, 0.25) is 0 Å². The van der Waals surface area contributed by atoms with Crippen LogP contribution in [0.2, 0.25) is 15.1 Å². The molecule has 0 unspecified atom stereocenters. The van der Waals surface area contributed by atoms with Crippen LogP contribution in [0.5, 0.6) is 0 Å². The molecule has 0 spiro atoms. The first kappa shape index (κ1) is 26.4. The predicted molar refractivity (Wildman–Crippen MR) is 154 cm³/mol. The average Bonchev–Trinajstić information content (AvgIpc) is 3.22.